The number of likely N-dealkylation sites (N-methyl/N-ethyl adjacent to an activating group) is 1. The van der Waals surface area contributed by atoms with E-state index in [1.807, 2.05) is 17.0 Å². The van der Waals surface area contributed by atoms with Crippen molar-refractivity contribution in [1.82, 2.24) is 24.9 Å². The molecule has 2 aliphatic rings. The highest BCUT2D eigenvalue weighted by Crippen LogP contribution is 2.09. The molecule has 3 heterocycles. The molecule has 2 aliphatic heterocycles. The van der Waals surface area contributed by atoms with Crippen molar-refractivity contribution >= 4 is 41.8 Å². The maximum absolute atomic E-state index is 12.4. The third kappa shape index (κ3) is 7.99. The Kier molecular flexibility index (Phi) is 10.6. The molecule has 2 fully saturated rings. The van der Waals surface area contributed by atoms with Gasteiger partial charge in [-0.05, 0) is 25.0 Å². The number of nitrogens with zero attached hydrogens (tertiary/aromatic N) is 5. The average Bonchev–Trinajstić information content (AvgIpc) is 3.45. The predicted octanol–water partition coefficient (Wildman–Crippen LogP) is 0.714. The molecule has 0 aliphatic carbocycles. The Labute approximate surface area is 201 Å². The van der Waals surface area contributed by atoms with Crippen LogP contribution in [0.15, 0.2) is 27.8 Å². The SMILES string of the molecule is CN(C)C(=O)CN=C(NCCc1ccco1)N1CCN(CC(=O)N2CCCC2)CC1.I. The number of halogens is 1. The first-order valence-electron chi connectivity index (χ1n) is 10.8. The summed E-state index contributed by atoms with van der Waals surface area (Å²) in [6.45, 7) is 6.24. The first kappa shape index (κ1) is 25.4. The van der Waals surface area contributed by atoms with E-state index in [2.05, 4.69) is 20.1 Å². The fourth-order valence-corrected chi connectivity index (χ4v) is 3.68. The van der Waals surface area contributed by atoms with E-state index in [1.54, 1.807) is 25.3 Å². The van der Waals surface area contributed by atoms with Gasteiger partial charge in [-0.3, -0.25) is 14.5 Å². The monoisotopic (exact) mass is 546 g/mol. The minimum absolute atomic E-state index is 0. The van der Waals surface area contributed by atoms with Crippen LogP contribution in [0.4, 0.5) is 0 Å². The molecule has 31 heavy (non-hydrogen) atoms. The Balaban J connectivity index is 0.00000341. The van der Waals surface area contributed by atoms with E-state index in [4.69, 9.17) is 4.42 Å². The molecule has 174 valence electrons. The number of carbonyl (C=O) groups excluding carboxylic acids is 2. The van der Waals surface area contributed by atoms with Crippen LogP contribution in [0.1, 0.15) is 18.6 Å². The lowest BCUT2D eigenvalue weighted by Gasteiger charge is -2.36. The summed E-state index contributed by atoms with van der Waals surface area (Å²) < 4.78 is 5.39. The summed E-state index contributed by atoms with van der Waals surface area (Å²) in [6, 6.07) is 3.83. The highest BCUT2D eigenvalue weighted by Gasteiger charge is 2.24. The van der Waals surface area contributed by atoms with E-state index in [1.165, 1.54) is 0 Å². The molecule has 0 atom stereocenters. The van der Waals surface area contributed by atoms with Crippen molar-refractivity contribution in [3.05, 3.63) is 24.2 Å². The molecule has 0 saturated carbocycles. The van der Waals surface area contributed by atoms with Crippen LogP contribution >= 0.6 is 24.0 Å². The highest BCUT2D eigenvalue weighted by molar-refractivity contribution is 14.0. The highest BCUT2D eigenvalue weighted by atomic mass is 127. The maximum Gasteiger partial charge on any atom is 0.243 e. The lowest BCUT2D eigenvalue weighted by Crippen LogP contribution is -2.54. The summed E-state index contributed by atoms with van der Waals surface area (Å²) in [6.07, 6.45) is 4.66. The number of hydrogen-bond acceptors (Lipinski definition) is 5. The maximum atomic E-state index is 12.4. The lowest BCUT2D eigenvalue weighted by molar-refractivity contribution is -0.131. The zero-order valence-corrected chi connectivity index (χ0v) is 20.9. The van der Waals surface area contributed by atoms with E-state index in [-0.39, 0.29) is 42.3 Å². The summed E-state index contributed by atoms with van der Waals surface area (Å²) in [7, 11) is 3.47. The quantitative estimate of drug-likeness (QED) is 0.308. The van der Waals surface area contributed by atoms with Gasteiger partial charge in [-0.2, -0.15) is 0 Å². The van der Waals surface area contributed by atoms with Gasteiger partial charge in [-0.1, -0.05) is 0 Å². The number of piperazine rings is 1. The lowest BCUT2D eigenvalue weighted by atomic mass is 10.3. The Morgan fingerprint density at radius 3 is 2.42 bits per heavy atom. The molecule has 0 unspecified atom stereocenters. The summed E-state index contributed by atoms with van der Waals surface area (Å²) in [5.74, 6) is 1.86. The number of guanidine groups is 1. The number of rotatable bonds is 7. The molecule has 2 amide bonds. The largest absolute Gasteiger partial charge is 0.469 e. The average molecular weight is 546 g/mol. The third-order valence-electron chi connectivity index (χ3n) is 5.59. The molecule has 1 aromatic rings. The molecular weight excluding hydrogens is 511 g/mol. The number of nitrogens with one attached hydrogen (secondary N) is 1. The second-order valence-electron chi connectivity index (χ2n) is 8.04. The van der Waals surface area contributed by atoms with E-state index < -0.39 is 0 Å². The summed E-state index contributed by atoms with van der Waals surface area (Å²) in [5.41, 5.74) is 0. The number of aliphatic imine (C=N–C) groups is 1. The summed E-state index contributed by atoms with van der Waals surface area (Å²) >= 11 is 0. The molecule has 2 saturated heterocycles. The topological polar surface area (TPSA) is 84.6 Å². The molecule has 1 N–H and O–H groups in total. The minimum Gasteiger partial charge on any atom is -0.469 e. The molecule has 1 aromatic heterocycles. The van der Waals surface area contributed by atoms with Crippen LogP contribution in [0.5, 0.6) is 0 Å². The van der Waals surface area contributed by atoms with Crippen molar-refractivity contribution in [3.8, 4) is 0 Å². The van der Waals surface area contributed by atoms with Gasteiger partial charge in [0.2, 0.25) is 11.8 Å². The standard InChI is InChI=1S/C21H34N6O3.HI/c1-24(2)19(28)16-23-21(22-8-7-18-6-5-15-30-18)27-13-11-25(12-14-27)17-20(29)26-9-3-4-10-26;/h5-6,15H,3-4,7-14,16-17H2,1-2H3,(H,22,23);1H. The second-order valence-corrected chi connectivity index (χ2v) is 8.04. The van der Waals surface area contributed by atoms with E-state index >= 15 is 0 Å². The van der Waals surface area contributed by atoms with Gasteiger partial charge in [-0.15, -0.1) is 24.0 Å². The Morgan fingerprint density at radius 1 is 1.10 bits per heavy atom. The normalized spacial score (nSPS) is 17.4. The van der Waals surface area contributed by atoms with Crippen LogP contribution in [0.3, 0.4) is 0 Å². The molecule has 3 rings (SSSR count). The molecule has 0 spiro atoms. The van der Waals surface area contributed by atoms with Crippen molar-refractivity contribution in [1.29, 1.82) is 0 Å². The third-order valence-corrected chi connectivity index (χ3v) is 5.59. The van der Waals surface area contributed by atoms with E-state index in [9.17, 15) is 9.59 Å². The Morgan fingerprint density at radius 2 is 1.81 bits per heavy atom. The molecule has 0 radical (unpaired) electrons. The molecule has 0 bridgehead atoms. The van der Waals surface area contributed by atoms with Gasteiger partial charge < -0.3 is 24.4 Å². The second kappa shape index (κ2) is 12.9. The number of hydrogen-bond donors (Lipinski definition) is 1. The molecule has 0 aromatic carbocycles. The van der Waals surface area contributed by atoms with Crippen molar-refractivity contribution in [2.24, 2.45) is 4.99 Å². The molecule has 9 nitrogen and oxygen atoms in total. The van der Waals surface area contributed by atoms with Crippen LogP contribution in [-0.4, -0.2) is 110 Å². The van der Waals surface area contributed by atoms with Crippen molar-refractivity contribution < 1.29 is 14.0 Å². The van der Waals surface area contributed by atoms with Crippen LogP contribution in [0.25, 0.3) is 0 Å². The van der Waals surface area contributed by atoms with E-state index in [0.717, 1.165) is 70.3 Å². The van der Waals surface area contributed by atoms with Gasteiger partial charge in [-0.25, -0.2) is 4.99 Å². The van der Waals surface area contributed by atoms with Gasteiger partial charge in [0.25, 0.3) is 0 Å². The first-order chi connectivity index (χ1) is 14.5. The zero-order chi connectivity index (χ0) is 21.3. The van der Waals surface area contributed by atoms with E-state index in [0.29, 0.717) is 13.1 Å². The van der Waals surface area contributed by atoms with Crippen molar-refractivity contribution in [2.75, 3.05) is 73.0 Å². The minimum atomic E-state index is -0.0322. The molecular formula is C21H35IN6O3. The van der Waals surface area contributed by atoms with Gasteiger partial charge in [0.15, 0.2) is 5.96 Å². The van der Waals surface area contributed by atoms with Crippen LogP contribution in [0, 0.1) is 0 Å². The predicted molar refractivity (Wildman–Crippen MR) is 131 cm³/mol. The number of furan rings is 1. The van der Waals surface area contributed by atoms with Gasteiger partial charge >= 0.3 is 0 Å². The van der Waals surface area contributed by atoms with Gasteiger partial charge in [0.05, 0.1) is 12.8 Å². The summed E-state index contributed by atoms with van der Waals surface area (Å²) in [4.78, 5) is 36.9. The van der Waals surface area contributed by atoms with Crippen LogP contribution < -0.4 is 5.32 Å². The van der Waals surface area contributed by atoms with Crippen molar-refractivity contribution in [2.45, 2.75) is 19.3 Å². The van der Waals surface area contributed by atoms with Crippen LogP contribution in [0.2, 0.25) is 0 Å². The number of likely N-dealkylation sites (tertiary alicyclic amines) is 1. The van der Waals surface area contributed by atoms with Crippen LogP contribution in [-0.2, 0) is 16.0 Å². The van der Waals surface area contributed by atoms with Gasteiger partial charge in [0, 0.05) is 66.3 Å². The fraction of sp³-hybridized carbons (Fsp3) is 0.667. The van der Waals surface area contributed by atoms with Gasteiger partial charge in [0.1, 0.15) is 12.3 Å². The fourth-order valence-electron chi connectivity index (χ4n) is 3.68. The first-order valence-corrected chi connectivity index (χ1v) is 10.8. The zero-order valence-electron chi connectivity index (χ0n) is 18.6. The number of carbonyl (C=O) groups is 2. The molecule has 10 heteroatoms. The smallest absolute Gasteiger partial charge is 0.243 e. The Hall–Kier alpha value is -1.82. The van der Waals surface area contributed by atoms with Crippen molar-refractivity contribution in [3.63, 3.8) is 0 Å². The number of amides is 2. The Bertz CT molecular complexity index is 711. The summed E-state index contributed by atoms with van der Waals surface area (Å²) in [5, 5.41) is 3.37.